The van der Waals surface area contributed by atoms with Gasteiger partial charge in [-0.05, 0) is 0 Å². The fraction of sp³-hybridized carbons (Fsp3) is 0.200. The van der Waals surface area contributed by atoms with Crippen LogP contribution in [-0.4, -0.2) is 0 Å². The molecule has 0 nitrogen and oxygen atoms in total. The molecule has 0 fully saturated rings. The van der Waals surface area contributed by atoms with E-state index in [9.17, 15) is 0 Å². The molecule has 1 rings (SSSR count). The van der Waals surface area contributed by atoms with Crippen molar-refractivity contribution in [1.29, 1.82) is 0 Å². The zero-order valence-corrected chi connectivity index (χ0v) is 7.23. The van der Waals surface area contributed by atoms with E-state index in [2.05, 4.69) is 45.4 Å². The normalized spacial score (nSPS) is 17.4. The van der Waals surface area contributed by atoms with Crippen LogP contribution in [0.2, 0.25) is 4.14 Å². The Kier molecular flexibility index (Phi) is 4.32. The van der Waals surface area contributed by atoms with Crippen molar-refractivity contribution in [3.05, 3.63) is 24.3 Å². The molecule has 0 atom stereocenters. The average Bonchev–Trinajstić information content (AvgIpc) is 1.86. The minimum atomic E-state index is 0. The van der Waals surface area contributed by atoms with Gasteiger partial charge in [0.05, 0.1) is 0 Å². The first kappa shape index (κ1) is 7.88. The number of allylic oxidation sites excluding steroid dienone is 4. The quantitative estimate of drug-likeness (QED) is 0.568. The summed E-state index contributed by atoms with van der Waals surface area (Å²) in [6.07, 6.45) is 8.40. The molecule has 0 spiro atoms. The Hall–Kier alpha value is 0.883. The van der Waals surface area contributed by atoms with Crippen LogP contribution in [-0.2, 0) is 41.5 Å². The number of rotatable bonds is 0. The van der Waals surface area contributed by atoms with Crippen LogP contribution in [0.4, 0.5) is 0 Å². The zero-order valence-electron chi connectivity index (χ0n) is 3.50. The van der Waals surface area contributed by atoms with Crippen LogP contribution >= 0.6 is 0 Å². The Morgan fingerprint density at radius 1 is 1.14 bits per heavy atom. The summed E-state index contributed by atoms with van der Waals surface area (Å²) in [6, 6.07) is 0. The van der Waals surface area contributed by atoms with Crippen molar-refractivity contribution in [2.24, 2.45) is 0 Å². The minimum absolute atomic E-state index is 0. The van der Waals surface area contributed by atoms with Gasteiger partial charge in [-0.3, -0.25) is 0 Å². The van der Waals surface area contributed by atoms with Gasteiger partial charge >= 0.3 is 49.5 Å². The summed E-state index contributed by atoms with van der Waals surface area (Å²) in [7, 11) is 0. The number of hydrogen-bond donors (Lipinski definition) is 0. The molecule has 0 aromatic heterocycles. The predicted molar refractivity (Wildman–Crippen MR) is 22.0 cm³/mol. The van der Waals surface area contributed by atoms with E-state index in [1.54, 1.807) is 0 Å². The molecule has 0 aromatic carbocycles. The van der Waals surface area contributed by atoms with Crippen LogP contribution in [0.25, 0.3) is 0 Å². The Labute approximate surface area is 69.6 Å². The molecule has 0 saturated heterocycles. The van der Waals surface area contributed by atoms with Crippen LogP contribution in [0.3, 0.4) is 0 Å². The summed E-state index contributed by atoms with van der Waals surface area (Å²) < 4.78 is 0.630. The molecule has 0 aromatic rings. The molecule has 1 aliphatic carbocycles. The van der Waals surface area contributed by atoms with Gasteiger partial charge in [-0.15, -0.1) is 0 Å². The Bertz CT molecular complexity index is 84.3. The van der Waals surface area contributed by atoms with Crippen LogP contribution in [0.1, 0.15) is 0 Å². The Morgan fingerprint density at radius 3 is 1.71 bits per heavy atom. The molecule has 0 amide bonds. The van der Waals surface area contributed by atoms with E-state index in [1.807, 2.05) is 0 Å². The van der Waals surface area contributed by atoms with E-state index in [4.69, 9.17) is 0 Å². The third-order valence-electron chi connectivity index (χ3n) is 0.672. The van der Waals surface area contributed by atoms with E-state index < -0.39 is 0 Å². The summed E-state index contributed by atoms with van der Waals surface area (Å²) >= 11 is 2.52. The topological polar surface area (TPSA) is 0 Å². The van der Waals surface area contributed by atoms with Crippen molar-refractivity contribution >= 4 is 0 Å². The Balaban J connectivity index is 0.000000360. The molecule has 0 N–H and O–H groups in total. The molecule has 0 bridgehead atoms. The monoisotopic (exact) mass is 368 g/mol. The van der Waals surface area contributed by atoms with Gasteiger partial charge < -0.3 is 0 Å². The molecular weight excluding hydrogens is 363 g/mol. The second-order valence-electron chi connectivity index (χ2n) is 1.16. The first-order valence-corrected chi connectivity index (χ1v) is 3.09. The fourth-order valence-electron chi connectivity index (χ4n) is 0.388. The molecular formula is C5H5AuPd. The predicted octanol–water partition coefficient (Wildman–Crippen LogP) is 1.45. The van der Waals surface area contributed by atoms with Gasteiger partial charge in [0.15, 0.2) is 0 Å². The van der Waals surface area contributed by atoms with Crippen molar-refractivity contribution in [2.75, 3.05) is 0 Å². The van der Waals surface area contributed by atoms with Crippen LogP contribution in [0, 0.1) is 0 Å². The summed E-state index contributed by atoms with van der Waals surface area (Å²) in [5.74, 6) is 0. The summed E-state index contributed by atoms with van der Waals surface area (Å²) in [4.78, 5) is 0. The first-order chi connectivity index (χ1) is 2.89. The van der Waals surface area contributed by atoms with E-state index in [0.29, 0.717) is 4.14 Å². The van der Waals surface area contributed by atoms with Crippen molar-refractivity contribution in [2.45, 2.75) is 4.14 Å². The van der Waals surface area contributed by atoms with E-state index in [-0.39, 0.29) is 20.4 Å². The molecule has 7 heavy (non-hydrogen) atoms. The fourth-order valence-corrected chi connectivity index (χ4v) is 0.869. The van der Waals surface area contributed by atoms with Gasteiger partial charge in [0, 0.05) is 20.4 Å². The van der Waals surface area contributed by atoms with Crippen molar-refractivity contribution < 1.29 is 41.5 Å². The van der Waals surface area contributed by atoms with Crippen LogP contribution in [0.5, 0.6) is 0 Å². The molecule has 0 unspecified atom stereocenters. The molecule has 46 valence electrons. The van der Waals surface area contributed by atoms with Crippen LogP contribution < -0.4 is 0 Å². The summed E-state index contributed by atoms with van der Waals surface area (Å²) in [5, 5.41) is 0. The minimum Gasteiger partial charge on any atom is 0 e. The van der Waals surface area contributed by atoms with Gasteiger partial charge in [-0.25, -0.2) is 0 Å². The first-order valence-electron chi connectivity index (χ1n) is 1.84. The SMILES string of the molecule is [Au][CH]1C=CC=C1.[Pd]. The van der Waals surface area contributed by atoms with Crippen molar-refractivity contribution in [3.8, 4) is 0 Å². The van der Waals surface area contributed by atoms with E-state index in [0.717, 1.165) is 0 Å². The van der Waals surface area contributed by atoms with Gasteiger partial charge in [0.1, 0.15) is 0 Å². The van der Waals surface area contributed by atoms with Crippen LogP contribution in [0.15, 0.2) is 24.3 Å². The van der Waals surface area contributed by atoms with E-state index in [1.165, 1.54) is 0 Å². The summed E-state index contributed by atoms with van der Waals surface area (Å²) in [6.45, 7) is 0. The molecule has 1 aliphatic rings. The third kappa shape index (κ3) is 2.64. The maximum Gasteiger partial charge on any atom is 0 e. The maximum atomic E-state index is 2.52. The maximum absolute atomic E-state index is 2.52. The van der Waals surface area contributed by atoms with Crippen molar-refractivity contribution in [3.63, 3.8) is 0 Å². The molecule has 0 heterocycles. The average molecular weight is 368 g/mol. The zero-order chi connectivity index (χ0) is 4.41. The molecule has 0 saturated carbocycles. The second kappa shape index (κ2) is 3.83. The molecule has 0 aliphatic heterocycles. The van der Waals surface area contributed by atoms with Gasteiger partial charge in [0.25, 0.3) is 0 Å². The summed E-state index contributed by atoms with van der Waals surface area (Å²) in [5.41, 5.74) is 0. The molecule has 0 radical (unpaired) electrons. The Morgan fingerprint density at radius 2 is 1.57 bits per heavy atom. The van der Waals surface area contributed by atoms with Gasteiger partial charge in [-0.1, -0.05) is 0 Å². The van der Waals surface area contributed by atoms with Gasteiger partial charge in [-0.2, -0.15) is 0 Å². The van der Waals surface area contributed by atoms with E-state index >= 15 is 0 Å². The van der Waals surface area contributed by atoms with Gasteiger partial charge in [0.2, 0.25) is 0 Å². The van der Waals surface area contributed by atoms with Crippen molar-refractivity contribution in [1.82, 2.24) is 0 Å². The second-order valence-corrected chi connectivity index (χ2v) is 2.61. The largest absolute Gasteiger partial charge is 0 e. The third-order valence-corrected chi connectivity index (χ3v) is 1.51. The molecule has 2 heteroatoms. The standard InChI is InChI=1S/C5H5.Au.Pd/c1-2-4-5-3-1;;/h1-5H;;. The smallest absolute Gasteiger partial charge is 0 e. The number of hydrogen-bond acceptors (Lipinski definition) is 0.